The summed E-state index contributed by atoms with van der Waals surface area (Å²) < 4.78 is 33.3. The molecule has 3 aromatic rings. The molecular weight excluding hydrogens is 416 g/mol. The molecule has 8 heteroatoms. The van der Waals surface area contributed by atoms with E-state index in [1.165, 1.54) is 25.3 Å². The summed E-state index contributed by atoms with van der Waals surface area (Å²) in [6.45, 7) is 4.11. The van der Waals surface area contributed by atoms with E-state index in [9.17, 15) is 18.3 Å². The van der Waals surface area contributed by atoms with E-state index in [1.54, 1.807) is 36.4 Å². The number of sulfonamides is 1. The molecule has 0 aromatic heterocycles. The fourth-order valence-corrected chi connectivity index (χ4v) is 4.03. The largest absolute Gasteiger partial charge is 0.506 e. The predicted octanol–water partition coefficient (Wildman–Crippen LogP) is 4.58. The number of carbonyl (C=O) groups is 1. The lowest BCUT2D eigenvalue weighted by Gasteiger charge is -2.13. The molecular formula is C23H24N2O5S. The van der Waals surface area contributed by atoms with Crippen LogP contribution in [0.1, 0.15) is 35.7 Å². The standard InChI is InChI=1S/C23H24N2O5S/c1-15(2)16-8-10-17(11-9-16)23(27)24-20-14-18(12-13-21(20)26)31(28,29)25-19-6-4-5-7-22(19)30-3/h4-15,25-26H,1-3H3,(H,24,27). The third kappa shape index (κ3) is 5.16. The van der Waals surface area contributed by atoms with Crippen LogP contribution in [0.5, 0.6) is 11.5 Å². The van der Waals surface area contributed by atoms with Crippen molar-refractivity contribution >= 4 is 27.3 Å². The first-order chi connectivity index (χ1) is 14.7. The Morgan fingerprint density at radius 2 is 1.65 bits per heavy atom. The zero-order valence-corrected chi connectivity index (χ0v) is 18.2. The molecule has 3 aromatic carbocycles. The monoisotopic (exact) mass is 440 g/mol. The number of carbonyl (C=O) groups excluding carboxylic acids is 1. The molecule has 7 nitrogen and oxygen atoms in total. The van der Waals surface area contributed by atoms with Crippen molar-refractivity contribution in [2.45, 2.75) is 24.7 Å². The minimum Gasteiger partial charge on any atom is -0.506 e. The normalized spacial score (nSPS) is 11.2. The Hall–Kier alpha value is -3.52. The van der Waals surface area contributed by atoms with E-state index < -0.39 is 15.9 Å². The molecule has 0 aliphatic heterocycles. The number of hydrogen-bond donors (Lipinski definition) is 3. The Labute approximate surface area is 181 Å². The summed E-state index contributed by atoms with van der Waals surface area (Å²) in [5, 5.41) is 12.7. The van der Waals surface area contributed by atoms with Crippen LogP contribution in [0.2, 0.25) is 0 Å². The molecule has 1 amide bonds. The molecule has 0 spiro atoms. The quantitative estimate of drug-likeness (QED) is 0.467. The molecule has 3 rings (SSSR count). The lowest BCUT2D eigenvalue weighted by atomic mass is 10.0. The van der Waals surface area contributed by atoms with Gasteiger partial charge in [-0.2, -0.15) is 0 Å². The zero-order chi connectivity index (χ0) is 22.6. The number of phenolic OH excluding ortho intramolecular Hbond substituents is 1. The highest BCUT2D eigenvalue weighted by Crippen LogP contribution is 2.30. The lowest BCUT2D eigenvalue weighted by Crippen LogP contribution is -2.15. The van der Waals surface area contributed by atoms with E-state index in [0.29, 0.717) is 17.2 Å². The van der Waals surface area contributed by atoms with Crippen LogP contribution in [0.4, 0.5) is 11.4 Å². The first-order valence-electron chi connectivity index (χ1n) is 9.61. The van der Waals surface area contributed by atoms with Gasteiger partial charge in [0.1, 0.15) is 11.5 Å². The molecule has 0 radical (unpaired) electrons. The summed E-state index contributed by atoms with van der Waals surface area (Å²) in [4.78, 5) is 12.5. The Morgan fingerprint density at radius 3 is 2.29 bits per heavy atom. The molecule has 0 bridgehead atoms. The third-order valence-electron chi connectivity index (χ3n) is 4.72. The molecule has 0 unspecified atom stereocenters. The topological polar surface area (TPSA) is 105 Å². The maximum absolute atomic E-state index is 12.8. The van der Waals surface area contributed by atoms with Crippen molar-refractivity contribution < 1.29 is 23.1 Å². The molecule has 0 saturated heterocycles. The smallest absolute Gasteiger partial charge is 0.262 e. The van der Waals surface area contributed by atoms with Crippen LogP contribution in [-0.4, -0.2) is 26.5 Å². The van der Waals surface area contributed by atoms with Gasteiger partial charge < -0.3 is 15.2 Å². The Balaban J connectivity index is 1.84. The van der Waals surface area contributed by atoms with E-state index in [1.807, 2.05) is 12.1 Å². The van der Waals surface area contributed by atoms with Gasteiger partial charge in [0, 0.05) is 5.56 Å². The van der Waals surface area contributed by atoms with E-state index in [2.05, 4.69) is 23.9 Å². The number of nitrogens with one attached hydrogen (secondary N) is 2. The number of para-hydroxylation sites is 2. The first kappa shape index (κ1) is 22.2. The van der Waals surface area contributed by atoms with Crippen molar-refractivity contribution in [2.24, 2.45) is 0 Å². The summed E-state index contributed by atoms with van der Waals surface area (Å²) in [5.41, 5.74) is 1.74. The average Bonchev–Trinajstić information content (AvgIpc) is 2.75. The minimum absolute atomic E-state index is 0.0131. The van der Waals surface area contributed by atoms with Gasteiger partial charge in [0.15, 0.2) is 0 Å². The second-order valence-corrected chi connectivity index (χ2v) is 8.90. The Morgan fingerprint density at radius 1 is 0.968 bits per heavy atom. The second kappa shape index (κ2) is 9.09. The van der Waals surface area contributed by atoms with Crippen LogP contribution in [-0.2, 0) is 10.0 Å². The Kier molecular flexibility index (Phi) is 6.50. The van der Waals surface area contributed by atoms with Crippen molar-refractivity contribution in [3.63, 3.8) is 0 Å². The molecule has 0 aliphatic carbocycles. The number of amides is 1. The molecule has 0 aliphatic rings. The van der Waals surface area contributed by atoms with Gasteiger partial charge in [-0.15, -0.1) is 0 Å². The number of aromatic hydroxyl groups is 1. The molecule has 162 valence electrons. The predicted molar refractivity (Wildman–Crippen MR) is 120 cm³/mol. The van der Waals surface area contributed by atoms with Crippen molar-refractivity contribution in [2.75, 3.05) is 17.1 Å². The van der Waals surface area contributed by atoms with Gasteiger partial charge in [-0.3, -0.25) is 9.52 Å². The number of benzene rings is 3. The fourth-order valence-electron chi connectivity index (χ4n) is 2.93. The van der Waals surface area contributed by atoms with Crippen LogP contribution in [0.3, 0.4) is 0 Å². The molecule has 0 atom stereocenters. The highest BCUT2D eigenvalue weighted by molar-refractivity contribution is 7.92. The zero-order valence-electron chi connectivity index (χ0n) is 17.4. The van der Waals surface area contributed by atoms with E-state index in [0.717, 1.165) is 5.56 Å². The second-order valence-electron chi connectivity index (χ2n) is 7.22. The van der Waals surface area contributed by atoms with Crippen LogP contribution < -0.4 is 14.8 Å². The number of methoxy groups -OCH3 is 1. The summed E-state index contributed by atoms with van der Waals surface area (Å²) in [6, 6.07) is 17.4. The van der Waals surface area contributed by atoms with Gasteiger partial charge in [0.2, 0.25) is 0 Å². The number of hydrogen-bond acceptors (Lipinski definition) is 5. The highest BCUT2D eigenvalue weighted by Gasteiger charge is 2.19. The first-order valence-corrected chi connectivity index (χ1v) is 11.1. The van der Waals surface area contributed by atoms with Gasteiger partial charge in [-0.25, -0.2) is 8.42 Å². The van der Waals surface area contributed by atoms with Crippen molar-refractivity contribution in [3.05, 3.63) is 77.9 Å². The molecule has 0 fully saturated rings. The van der Waals surface area contributed by atoms with Gasteiger partial charge in [0.25, 0.3) is 15.9 Å². The summed E-state index contributed by atoms with van der Waals surface area (Å²) in [5.74, 6) is -0.0109. The minimum atomic E-state index is -3.99. The number of phenols is 1. The lowest BCUT2D eigenvalue weighted by molar-refractivity contribution is 0.102. The molecule has 0 saturated carbocycles. The van der Waals surface area contributed by atoms with E-state index in [-0.39, 0.29) is 22.0 Å². The third-order valence-corrected chi connectivity index (χ3v) is 6.08. The van der Waals surface area contributed by atoms with Crippen LogP contribution in [0, 0.1) is 0 Å². The fraction of sp³-hybridized carbons (Fsp3) is 0.174. The van der Waals surface area contributed by atoms with E-state index in [4.69, 9.17) is 4.74 Å². The number of rotatable bonds is 7. The van der Waals surface area contributed by atoms with Crippen LogP contribution in [0.25, 0.3) is 0 Å². The average molecular weight is 441 g/mol. The Bertz CT molecular complexity index is 1190. The van der Waals surface area contributed by atoms with Gasteiger partial charge in [-0.1, -0.05) is 38.1 Å². The molecule has 0 heterocycles. The summed E-state index contributed by atoms with van der Waals surface area (Å²) in [7, 11) is -2.55. The highest BCUT2D eigenvalue weighted by atomic mass is 32.2. The molecule has 3 N–H and O–H groups in total. The summed E-state index contributed by atoms with van der Waals surface area (Å²) in [6.07, 6.45) is 0. The maximum atomic E-state index is 12.8. The summed E-state index contributed by atoms with van der Waals surface area (Å²) >= 11 is 0. The molecule has 31 heavy (non-hydrogen) atoms. The number of anilines is 2. The van der Waals surface area contributed by atoms with Crippen LogP contribution >= 0.6 is 0 Å². The van der Waals surface area contributed by atoms with Crippen molar-refractivity contribution in [3.8, 4) is 11.5 Å². The number of ether oxygens (including phenoxy) is 1. The van der Waals surface area contributed by atoms with Gasteiger partial charge >= 0.3 is 0 Å². The van der Waals surface area contributed by atoms with Crippen LogP contribution in [0.15, 0.2) is 71.6 Å². The van der Waals surface area contributed by atoms with Gasteiger partial charge in [0.05, 0.1) is 23.4 Å². The van der Waals surface area contributed by atoms with Crippen molar-refractivity contribution in [1.82, 2.24) is 0 Å². The van der Waals surface area contributed by atoms with Crippen molar-refractivity contribution in [1.29, 1.82) is 0 Å². The maximum Gasteiger partial charge on any atom is 0.262 e. The van der Waals surface area contributed by atoms with Gasteiger partial charge in [-0.05, 0) is 53.9 Å². The van der Waals surface area contributed by atoms with E-state index >= 15 is 0 Å². The SMILES string of the molecule is COc1ccccc1NS(=O)(=O)c1ccc(O)c(NC(=O)c2ccc(C(C)C)cc2)c1.